The van der Waals surface area contributed by atoms with Gasteiger partial charge in [-0.25, -0.2) is 9.89 Å². The lowest BCUT2D eigenvalue weighted by Gasteiger charge is -2.11. The molecular weight excluding hydrogens is 340 g/mol. The monoisotopic (exact) mass is 356 g/mol. The highest BCUT2D eigenvalue weighted by molar-refractivity contribution is 9.10. The van der Waals surface area contributed by atoms with Crippen molar-refractivity contribution in [3.8, 4) is 0 Å². The number of nitrogens with one attached hydrogen (secondary N) is 1. The van der Waals surface area contributed by atoms with Crippen molar-refractivity contribution in [3.63, 3.8) is 0 Å². The van der Waals surface area contributed by atoms with Gasteiger partial charge in [0, 0.05) is 21.5 Å². The van der Waals surface area contributed by atoms with Crippen molar-refractivity contribution in [1.82, 2.24) is 14.8 Å². The standard InChI is InChI=1S/C13H17BrN4OS/c1-7(2)18-12(19)16-17-13(18)20-9-4-5-10(8(3)15)11(14)6-9/h4-8H,15H2,1-3H3,(H,16,19)/t8-/m0/s1. The summed E-state index contributed by atoms with van der Waals surface area (Å²) in [6, 6.07) is 6.00. The molecule has 1 heterocycles. The number of aromatic amines is 1. The average Bonchev–Trinajstić information content (AvgIpc) is 2.70. The third kappa shape index (κ3) is 3.16. The molecule has 1 aromatic heterocycles. The zero-order valence-corrected chi connectivity index (χ0v) is 14.0. The number of nitrogens with two attached hydrogens (primary N) is 1. The van der Waals surface area contributed by atoms with Crippen molar-refractivity contribution < 1.29 is 0 Å². The van der Waals surface area contributed by atoms with Gasteiger partial charge in [-0.05, 0) is 50.2 Å². The Bertz CT molecular complexity index is 663. The summed E-state index contributed by atoms with van der Waals surface area (Å²) in [4.78, 5) is 12.7. The maximum Gasteiger partial charge on any atom is 0.344 e. The Morgan fingerprint density at radius 2 is 2.10 bits per heavy atom. The molecule has 0 saturated heterocycles. The molecule has 0 fully saturated rings. The molecular formula is C13H17BrN4OS. The summed E-state index contributed by atoms with van der Waals surface area (Å²) in [6.45, 7) is 5.85. The van der Waals surface area contributed by atoms with Gasteiger partial charge in [-0.1, -0.05) is 22.0 Å². The van der Waals surface area contributed by atoms with E-state index in [0.29, 0.717) is 5.16 Å². The van der Waals surface area contributed by atoms with Gasteiger partial charge in [0.25, 0.3) is 0 Å². The summed E-state index contributed by atoms with van der Waals surface area (Å²) in [5.74, 6) is 0. The Labute approximate surface area is 130 Å². The lowest BCUT2D eigenvalue weighted by atomic mass is 10.1. The lowest BCUT2D eigenvalue weighted by molar-refractivity contribution is 0.534. The minimum Gasteiger partial charge on any atom is -0.324 e. The van der Waals surface area contributed by atoms with Crippen LogP contribution in [-0.4, -0.2) is 14.8 Å². The van der Waals surface area contributed by atoms with E-state index in [-0.39, 0.29) is 17.8 Å². The number of nitrogens with zero attached hydrogens (tertiary/aromatic N) is 2. The van der Waals surface area contributed by atoms with Gasteiger partial charge in [-0.15, -0.1) is 5.10 Å². The zero-order valence-electron chi connectivity index (χ0n) is 11.6. The van der Waals surface area contributed by atoms with Crippen LogP contribution in [0.1, 0.15) is 38.4 Å². The van der Waals surface area contributed by atoms with Gasteiger partial charge in [0.1, 0.15) is 0 Å². The topological polar surface area (TPSA) is 76.7 Å². The quantitative estimate of drug-likeness (QED) is 0.882. The van der Waals surface area contributed by atoms with Gasteiger partial charge in [0.05, 0.1) is 0 Å². The number of H-pyrrole nitrogens is 1. The number of benzene rings is 1. The Morgan fingerprint density at radius 3 is 2.65 bits per heavy atom. The third-order valence-corrected chi connectivity index (χ3v) is 4.51. The van der Waals surface area contributed by atoms with E-state index in [1.807, 2.05) is 39.0 Å². The van der Waals surface area contributed by atoms with Crippen molar-refractivity contribution >= 4 is 27.7 Å². The first kappa shape index (κ1) is 15.3. The average molecular weight is 357 g/mol. The summed E-state index contributed by atoms with van der Waals surface area (Å²) in [6.07, 6.45) is 0. The molecule has 1 aromatic carbocycles. The molecule has 108 valence electrons. The van der Waals surface area contributed by atoms with Gasteiger partial charge in [-0.2, -0.15) is 0 Å². The van der Waals surface area contributed by atoms with Crippen LogP contribution in [-0.2, 0) is 0 Å². The second kappa shape index (κ2) is 6.15. The fourth-order valence-electron chi connectivity index (χ4n) is 1.86. The SMILES string of the molecule is CC(C)n1c(Sc2ccc([C@H](C)N)c(Br)c2)n[nH]c1=O. The maximum absolute atomic E-state index is 11.7. The fraction of sp³-hybridized carbons (Fsp3) is 0.385. The van der Waals surface area contributed by atoms with E-state index in [9.17, 15) is 4.79 Å². The minimum absolute atomic E-state index is 0.0253. The number of hydrogen-bond acceptors (Lipinski definition) is 4. The number of hydrogen-bond donors (Lipinski definition) is 2. The molecule has 0 aliphatic rings. The largest absolute Gasteiger partial charge is 0.344 e. The van der Waals surface area contributed by atoms with Gasteiger partial charge in [0.2, 0.25) is 0 Å². The van der Waals surface area contributed by atoms with E-state index >= 15 is 0 Å². The van der Waals surface area contributed by atoms with Crippen LogP contribution in [0.2, 0.25) is 0 Å². The maximum atomic E-state index is 11.7. The highest BCUT2D eigenvalue weighted by Gasteiger charge is 2.13. The second-order valence-electron chi connectivity index (χ2n) is 4.85. The van der Waals surface area contributed by atoms with E-state index in [4.69, 9.17) is 5.73 Å². The third-order valence-electron chi connectivity index (χ3n) is 2.86. The van der Waals surface area contributed by atoms with Crippen LogP contribution in [0.15, 0.2) is 37.5 Å². The van der Waals surface area contributed by atoms with E-state index in [0.717, 1.165) is 14.9 Å². The first-order valence-electron chi connectivity index (χ1n) is 6.30. The van der Waals surface area contributed by atoms with Crippen LogP contribution in [0.25, 0.3) is 0 Å². The molecule has 0 unspecified atom stereocenters. The van der Waals surface area contributed by atoms with Crippen molar-refractivity contribution in [1.29, 1.82) is 0 Å². The highest BCUT2D eigenvalue weighted by Crippen LogP contribution is 2.31. The van der Waals surface area contributed by atoms with E-state index in [1.165, 1.54) is 11.8 Å². The molecule has 0 radical (unpaired) electrons. The normalized spacial score (nSPS) is 12.9. The molecule has 2 rings (SSSR count). The van der Waals surface area contributed by atoms with Crippen LogP contribution in [0.3, 0.4) is 0 Å². The molecule has 20 heavy (non-hydrogen) atoms. The molecule has 0 aliphatic carbocycles. The van der Waals surface area contributed by atoms with Crippen LogP contribution in [0.4, 0.5) is 0 Å². The van der Waals surface area contributed by atoms with Crippen LogP contribution in [0.5, 0.6) is 0 Å². The Balaban J connectivity index is 2.32. The fourth-order valence-corrected chi connectivity index (χ4v) is 3.76. The Hall–Kier alpha value is -1.05. The minimum atomic E-state index is -0.186. The molecule has 2 aromatic rings. The lowest BCUT2D eigenvalue weighted by Crippen LogP contribution is -2.19. The summed E-state index contributed by atoms with van der Waals surface area (Å²) in [5, 5.41) is 7.21. The predicted molar refractivity (Wildman–Crippen MR) is 84.1 cm³/mol. The molecule has 3 N–H and O–H groups in total. The number of halogens is 1. The first-order valence-corrected chi connectivity index (χ1v) is 7.91. The number of aromatic nitrogens is 3. The first-order chi connectivity index (χ1) is 9.40. The van der Waals surface area contributed by atoms with Crippen molar-refractivity contribution in [2.45, 2.75) is 42.9 Å². The summed E-state index contributed by atoms with van der Waals surface area (Å²) in [7, 11) is 0. The molecule has 0 saturated carbocycles. The van der Waals surface area contributed by atoms with E-state index < -0.39 is 0 Å². The van der Waals surface area contributed by atoms with Crippen LogP contribution >= 0.6 is 27.7 Å². The predicted octanol–water partition coefficient (Wildman–Crippen LogP) is 3.09. The van der Waals surface area contributed by atoms with E-state index in [1.54, 1.807) is 4.57 Å². The molecule has 0 spiro atoms. The van der Waals surface area contributed by atoms with Gasteiger partial charge >= 0.3 is 5.69 Å². The molecule has 0 amide bonds. The van der Waals surface area contributed by atoms with Crippen LogP contribution in [0, 0.1) is 0 Å². The van der Waals surface area contributed by atoms with Gasteiger partial charge < -0.3 is 5.73 Å². The van der Waals surface area contributed by atoms with Gasteiger partial charge in [-0.3, -0.25) is 4.57 Å². The van der Waals surface area contributed by atoms with Crippen molar-refractivity contribution in [2.75, 3.05) is 0 Å². The zero-order chi connectivity index (χ0) is 14.9. The Morgan fingerprint density at radius 1 is 1.40 bits per heavy atom. The molecule has 7 heteroatoms. The molecule has 0 aliphatic heterocycles. The van der Waals surface area contributed by atoms with E-state index in [2.05, 4.69) is 26.1 Å². The Kier molecular flexibility index (Phi) is 4.72. The molecule has 5 nitrogen and oxygen atoms in total. The van der Waals surface area contributed by atoms with Gasteiger partial charge in [0.15, 0.2) is 5.16 Å². The van der Waals surface area contributed by atoms with Crippen molar-refractivity contribution in [2.24, 2.45) is 5.73 Å². The summed E-state index contributed by atoms with van der Waals surface area (Å²) >= 11 is 4.97. The highest BCUT2D eigenvalue weighted by atomic mass is 79.9. The van der Waals surface area contributed by atoms with Crippen LogP contribution < -0.4 is 11.4 Å². The number of rotatable bonds is 4. The second-order valence-corrected chi connectivity index (χ2v) is 6.74. The summed E-state index contributed by atoms with van der Waals surface area (Å²) < 4.78 is 2.60. The molecule has 0 bridgehead atoms. The molecule has 1 atom stereocenters. The summed E-state index contributed by atoms with van der Waals surface area (Å²) in [5.41, 5.74) is 6.75. The van der Waals surface area contributed by atoms with Crippen molar-refractivity contribution in [3.05, 3.63) is 38.7 Å². The smallest absolute Gasteiger partial charge is 0.324 e.